The van der Waals surface area contributed by atoms with Crippen LogP contribution in [0, 0.1) is 5.82 Å². The van der Waals surface area contributed by atoms with Crippen molar-refractivity contribution in [2.45, 2.75) is 19.8 Å². The predicted octanol–water partition coefficient (Wildman–Crippen LogP) is 1.81. The fraction of sp³-hybridized carbons (Fsp3) is 0.364. The maximum Gasteiger partial charge on any atom is 0.224 e. The van der Waals surface area contributed by atoms with Crippen molar-refractivity contribution in [3.8, 4) is 11.5 Å². The van der Waals surface area contributed by atoms with E-state index in [1.165, 1.54) is 6.07 Å². The monoisotopic (exact) mass is 225 g/mol. The summed E-state index contributed by atoms with van der Waals surface area (Å²) >= 11 is 0. The van der Waals surface area contributed by atoms with Crippen molar-refractivity contribution in [2.75, 3.05) is 11.9 Å². The van der Waals surface area contributed by atoms with Crippen LogP contribution in [-0.2, 0) is 11.2 Å². The molecule has 0 radical (unpaired) electrons. The van der Waals surface area contributed by atoms with Crippen molar-refractivity contribution in [3.05, 3.63) is 17.4 Å². The van der Waals surface area contributed by atoms with Crippen LogP contribution in [0.25, 0.3) is 0 Å². The summed E-state index contributed by atoms with van der Waals surface area (Å²) in [7, 11) is 0. The van der Waals surface area contributed by atoms with E-state index in [0.29, 0.717) is 18.6 Å². The number of phenolic OH excluding ortho intramolecular Hbond substituents is 1. The summed E-state index contributed by atoms with van der Waals surface area (Å²) in [4.78, 5) is 11.2. The third-order valence-electron chi connectivity index (χ3n) is 2.48. The summed E-state index contributed by atoms with van der Waals surface area (Å²) in [6, 6.07) is 1.25. The Kier molecular flexibility index (Phi) is 2.68. The van der Waals surface area contributed by atoms with Gasteiger partial charge in [0.15, 0.2) is 11.6 Å². The molecule has 1 amide bonds. The van der Waals surface area contributed by atoms with Crippen molar-refractivity contribution >= 4 is 11.6 Å². The maximum atomic E-state index is 13.8. The van der Waals surface area contributed by atoms with Gasteiger partial charge in [0.25, 0.3) is 0 Å². The number of rotatable bonds is 2. The predicted molar refractivity (Wildman–Crippen MR) is 56.2 cm³/mol. The number of phenols is 1. The first-order chi connectivity index (χ1) is 7.63. The van der Waals surface area contributed by atoms with E-state index in [-0.39, 0.29) is 29.5 Å². The van der Waals surface area contributed by atoms with Crippen LogP contribution in [0.4, 0.5) is 10.1 Å². The maximum absolute atomic E-state index is 13.8. The van der Waals surface area contributed by atoms with Crippen LogP contribution in [0.1, 0.15) is 18.9 Å². The van der Waals surface area contributed by atoms with Gasteiger partial charge in [0, 0.05) is 18.1 Å². The molecule has 2 rings (SSSR count). The molecule has 0 atom stereocenters. The molecule has 0 fully saturated rings. The standard InChI is InChI=1S/C11H12FNO3/c1-2-16-8-5-7(14)6-3-4-9(15)13-11(6)10(8)12/h5,14H,2-4H2,1H3,(H,13,15). The number of anilines is 1. The summed E-state index contributed by atoms with van der Waals surface area (Å²) in [6.07, 6.45) is 0.601. The van der Waals surface area contributed by atoms with E-state index in [1.807, 2.05) is 0 Å². The molecule has 0 bridgehead atoms. The van der Waals surface area contributed by atoms with E-state index >= 15 is 0 Å². The number of nitrogens with one attached hydrogen (secondary N) is 1. The van der Waals surface area contributed by atoms with Crippen molar-refractivity contribution in [3.63, 3.8) is 0 Å². The van der Waals surface area contributed by atoms with Crippen molar-refractivity contribution in [1.29, 1.82) is 0 Å². The second kappa shape index (κ2) is 4.00. The molecule has 86 valence electrons. The second-order valence-electron chi connectivity index (χ2n) is 3.54. The molecule has 5 heteroatoms. The highest BCUT2D eigenvalue weighted by molar-refractivity contribution is 5.95. The van der Waals surface area contributed by atoms with Gasteiger partial charge in [0.1, 0.15) is 5.75 Å². The molecule has 1 aliphatic rings. The number of hydrogen-bond acceptors (Lipinski definition) is 3. The number of amides is 1. The highest BCUT2D eigenvalue weighted by Crippen LogP contribution is 2.38. The molecule has 16 heavy (non-hydrogen) atoms. The zero-order valence-electron chi connectivity index (χ0n) is 8.84. The van der Waals surface area contributed by atoms with Crippen LogP contribution >= 0.6 is 0 Å². The molecule has 1 aromatic rings. The number of halogens is 1. The summed E-state index contributed by atoms with van der Waals surface area (Å²) in [6.45, 7) is 2.01. The van der Waals surface area contributed by atoms with E-state index < -0.39 is 5.82 Å². The zero-order valence-corrected chi connectivity index (χ0v) is 8.84. The molecule has 0 aromatic heterocycles. The van der Waals surface area contributed by atoms with Gasteiger partial charge in [-0.2, -0.15) is 0 Å². The van der Waals surface area contributed by atoms with Gasteiger partial charge in [-0.1, -0.05) is 0 Å². The lowest BCUT2D eigenvalue weighted by Gasteiger charge is -2.20. The highest BCUT2D eigenvalue weighted by Gasteiger charge is 2.24. The first-order valence-electron chi connectivity index (χ1n) is 5.10. The minimum Gasteiger partial charge on any atom is -0.507 e. The summed E-state index contributed by atoms with van der Waals surface area (Å²) in [5.41, 5.74) is 0.472. The molecule has 1 aromatic carbocycles. The molecule has 0 unspecified atom stereocenters. The van der Waals surface area contributed by atoms with E-state index in [9.17, 15) is 14.3 Å². The Morgan fingerprint density at radius 3 is 3.00 bits per heavy atom. The van der Waals surface area contributed by atoms with Crippen LogP contribution in [0.2, 0.25) is 0 Å². The lowest BCUT2D eigenvalue weighted by molar-refractivity contribution is -0.116. The normalized spacial score (nSPS) is 14.2. The number of carbonyl (C=O) groups is 1. The highest BCUT2D eigenvalue weighted by atomic mass is 19.1. The van der Waals surface area contributed by atoms with Crippen LogP contribution in [0.15, 0.2) is 6.07 Å². The molecule has 2 N–H and O–H groups in total. The molecule has 1 aliphatic heterocycles. The zero-order chi connectivity index (χ0) is 11.7. The second-order valence-corrected chi connectivity index (χ2v) is 3.54. The van der Waals surface area contributed by atoms with Gasteiger partial charge in [-0.15, -0.1) is 0 Å². The minimum absolute atomic E-state index is 0.0408. The average molecular weight is 225 g/mol. The van der Waals surface area contributed by atoms with E-state index in [2.05, 4.69) is 5.32 Å². The van der Waals surface area contributed by atoms with E-state index in [1.54, 1.807) is 6.92 Å². The lowest BCUT2D eigenvalue weighted by Crippen LogP contribution is -2.20. The molecule has 1 heterocycles. The van der Waals surface area contributed by atoms with Crippen molar-refractivity contribution in [2.24, 2.45) is 0 Å². The summed E-state index contributed by atoms with van der Waals surface area (Å²) in [5.74, 6) is -0.956. The molecular weight excluding hydrogens is 213 g/mol. The third kappa shape index (κ3) is 1.68. The van der Waals surface area contributed by atoms with E-state index in [0.717, 1.165) is 0 Å². The van der Waals surface area contributed by atoms with Crippen molar-refractivity contribution in [1.82, 2.24) is 0 Å². The quantitative estimate of drug-likeness (QED) is 0.807. The number of hydrogen-bond donors (Lipinski definition) is 2. The fourth-order valence-electron chi connectivity index (χ4n) is 1.74. The first kappa shape index (κ1) is 10.7. The van der Waals surface area contributed by atoms with Gasteiger partial charge in [0.05, 0.1) is 12.3 Å². The lowest BCUT2D eigenvalue weighted by atomic mass is 10.0. The number of carbonyl (C=O) groups excluding carboxylic acids is 1. The van der Waals surface area contributed by atoms with Gasteiger partial charge >= 0.3 is 0 Å². The van der Waals surface area contributed by atoms with Crippen molar-refractivity contribution < 1.29 is 19.0 Å². The molecule has 4 nitrogen and oxygen atoms in total. The average Bonchev–Trinajstić information content (AvgIpc) is 2.25. The molecule has 0 saturated heterocycles. The van der Waals surface area contributed by atoms with Gasteiger partial charge in [-0.05, 0) is 13.3 Å². The van der Waals surface area contributed by atoms with Gasteiger partial charge < -0.3 is 15.2 Å². The Labute approximate surface area is 92.0 Å². The number of ether oxygens (including phenoxy) is 1. The number of benzene rings is 1. The topological polar surface area (TPSA) is 58.6 Å². The summed E-state index contributed by atoms with van der Waals surface area (Å²) < 4.78 is 18.9. The molecule has 0 aliphatic carbocycles. The largest absolute Gasteiger partial charge is 0.507 e. The fourth-order valence-corrected chi connectivity index (χ4v) is 1.74. The number of fused-ring (bicyclic) bond motifs is 1. The van der Waals surface area contributed by atoms with E-state index in [4.69, 9.17) is 4.74 Å². The first-order valence-corrected chi connectivity index (χ1v) is 5.10. The van der Waals surface area contributed by atoms with Gasteiger partial charge in [-0.25, -0.2) is 4.39 Å². The Balaban J connectivity index is 2.52. The van der Waals surface area contributed by atoms with Gasteiger partial charge in [0.2, 0.25) is 5.91 Å². The smallest absolute Gasteiger partial charge is 0.224 e. The molecule has 0 saturated carbocycles. The minimum atomic E-state index is -0.622. The Morgan fingerprint density at radius 2 is 2.31 bits per heavy atom. The SMILES string of the molecule is CCOc1cc(O)c2c(c1F)NC(=O)CC2. The molecular formula is C11H12FNO3. The number of aromatic hydroxyl groups is 1. The van der Waals surface area contributed by atoms with Crippen LogP contribution in [0.5, 0.6) is 11.5 Å². The van der Waals surface area contributed by atoms with Crippen LogP contribution < -0.4 is 10.1 Å². The Morgan fingerprint density at radius 1 is 1.56 bits per heavy atom. The Hall–Kier alpha value is -1.78. The van der Waals surface area contributed by atoms with Gasteiger partial charge in [-0.3, -0.25) is 4.79 Å². The van der Waals surface area contributed by atoms with Crippen LogP contribution in [-0.4, -0.2) is 17.6 Å². The Bertz CT molecular complexity index is 445. The van der Waals surface area contributed by atoms with Crippen LogP contribution in [0.3, 0.4) is 0 Å². The summed E-state index contributed by atoms with van der Waals surface area (Å²) in [5, 5.41) is 12.1. The molecule has 0 spiro atoms. The third-order valence-corrected chi connectivity index (χ3v) is 2.48.